The molecule has 5 nitrogen and oxygen atoms in total. The van der Waals surface area contributed by atoms with Gasteiger partial charge in [0.1, 0.15) is 6.54 Å². The van der Waals surface area contributed by atoms with E-state index >= 15 is 0 Å². The first-order valence-electron chi connectivity index (χ1n) is 7.07. The Morgan fingerprint density at radius 3 is 2.00 bits per heavy atom. The van der Waals surface area contributed by atoms with Gasteiger partial charge in [0, 0.05) is 38.3 Å². The summed E-state index contributed by atoms with van der Waals surface area (Å²) in [7, 11) is 4.03. The normalized spacial score (nSPS) is 10.5. The Morgan fingerprint density at radius 2 is 1.50 bits per heavy atom. The van der Waals surface area contributed by atoms with Crippen LogP contribution < -0.4 is 32.2 Å². The third-order valence-electron chi connectivity index (χ3n) is 3.14. The highest BCUT2D eigenvalue weighted by Crippen LogP contribution is 2.20. The Kier molecular flexibility index (Phi) is 7.70. The van der Waals surface area contributed by atoms with E-state index in [0.717, 1.165) is 30.0 Å². The summed E-state index contributed by atoms with van der Waals surface area (Å²) in [4.78, 5) is 2.05. The second-order valence-corrected chi connectivity index (χ2v) is 5.05. The number of hydrogen-bond donors (Lipinski definition) is 1. The molecule has 0 fully saturated rings. The number of azo groups is 1. The first-order chi connectivity index (χ1) is 10.2. The van der Waals surface area contributed by atoms with E-state index in [1.54, 1.807) is 0 Å². The van der Waals surface area contributed by atoms with Crippen LogP contribution in [0.25, 0.3) is 0 Å². The molecule has 0 aliphatic carbocycles. The summed E-state index contributed by atoms with van der Waals surface area (Å²) in [6.45, 7) is 1.64. The Hall–Kier alpha value is -1.79. The third-order valence-corrected chi connectivity index (χ3v) is 3.14. The number of rotatable bonds is 6. The average molecular weight is 364 g/mol. The van der Waals surface area contributed by atoms with Gasteiger partial charge >= 0.3 is 0 Å². The number of halogens is 1. The van der Waals surface area contributed by atoms with Crippen LogP contribution in [0.1, 0.15) is 6.42 Å². The summed E-state index contributed by atoms with van der Waals surface area (Å²) in [6, 6.07) is 11.9. The summed E-state index contributed by atoms with van der Waals surface area (Å²) in [5.41, 5.74) is 8.34. The molecule has 22 heavy (non-hydrogen) atoms. The van der Waals surface area contributed by atoms with Crippen molar-refractivity contribution in [3.63, 3.8) is 0 Å². The smallest absolute Gasteiger partial charge is 0.171 e. The second-order valence-electron chi connectivity index (χ2n) is 5.05. The van der Waals surface area contributed by atoms with Crippen LogP contribution in [0, 0.1) is 0 Å². The summed E-state index contributed by atoms with van der Waals surface area (Å²) < 4.78 is 2.09. The van der Waals surface area contributed by atoms with Crippen molar-refractivity contribution in [1.29, 1.82) is 0 Å². The zero-order chi connectivity index (χ0) is 15.1. The number of nitrogens with two attached hydrogens (primary N) is 1. The molecule has 0 saturated carbocycles. The molecule has 118 valence electrons. The molecule has 0 amide bonds. The molecule has 0 saturated heterocycles. The largest absolute Gasteiger partial charge is 1.00 e. The molecule has 2 rings (SSSR count). The molecular weight excluding hydrogens is 342 g/mol. The zero-order valence-corrected chi connectivity index (χ0v) is 14.6. The number of benzene rings is 1. The zero-order valence-electron chi connectivity index (χ0n) is 13.0. The fourth-order valence-corrected chi connectivity index (χ4v) is 1.87. The number of hydrogen-bond acceptors (Lipinski definition) is 4. The van der Waals surface area contributed by atoms with Crippen LogP contribution in [-0.2, 0) is 6.54 Å². The minimum atomic E-state index is 0. The van der Waals surface area contributed by atoms with Gasteiger partial charge < -0.3 is 27.6 Å². The van der Waals surface area contributed by atoms with Crippen LogP contribution in [-0.4, -0.2) is 20.6 Å². The van der Waals surface area contributed by atoms with Crippen LogP contribution >= 0.6 is 0 Å². The molecule has 6 heteroatoms. The van der Waals surface area contributed by atoms with E-state index in [9.17, 15) is 0 Å². The van der Waals surface area contributed by atoms with Crippen molar-refractivity contribution in [1.82, 2.24) is 0 Å². The summed E-state index contributed by atoms with van der Waals surface area (Å²) >= 11 is 0. The molecule has 0 unspecified atom stereocenters. The van der Waals surface area contributed by atoms with Crippen LogP contribution in [0.2, 0.25) is 0 Å². The van der Waals surface area contributed by atoms with Gasteiger partial charge in [-0.25, -0.2) is 4.57 Å². The molecule has 0 aliphatic rings. The lowest BCUT2D eigenvalue weighted by Crippen LogP contribution is -3.00. The van der Waals surface area contributed by atoms with E-state index in [4.69, 9.17) is 5.73 Å². The number of anilines is 1. The van der Waals surface area contributed by atoms with Gasteiger partial charge in [-0.3, -0.25) is 0 Å². The lowest BCUT2D eigenvalue weighted by molar-refractivity contribution is -0.697. The van der Waals surface area contributed by atoms with Gasteiger partial charge in [-0.15, -0.1) is 0 Å². The molecule has 2 aromatic rings. The lowest BCUT2D eigenvalue weighted by atomic mass is 10.3. The monoisotopic (exact) mass is 363 g/mol. The van der Waals surface area contributed by atoms with Gasteiger partial charge in [0.15, 0.2) is 12.4 Å². The Labute approximate surface area is 142 Å². The first kappa shape index (κ1) is 18.3. The minimum absolute atomic E-state index is 0. The molecule has 1 heterocycles. The standard InChI is InChI=1S/C16H22N5.BrH/c1-20(2)16-6-4-14(5-7-16)18-19-15-8-12-21(13-9-15)11-3-10-17;/h4-9,12-13H,3,10-11,17H2,1-2H3;1H/q+1;/p-1. The van der Waals surface area contributed by atoms with E-state index in [1.807, 2.05) is 62.9 Å². The minimum Gasteiger partial charge on any atom is -1.00 e. The van der Waals surface area contributed by atoms with Crippen molar-refractivity contribution in [2.45, 2.75) is 13.0 Å². The van der Waals surface area contributed by atoms with Gasteiger partial charge in [-0.1, -0.05) is 0 Å². The molecule has 0 spiro atoms. The van der Waals surface area contributed by atoms with Crippen molar-refractivity contribution in [3.8, 4) is 0 Å². The SMILES string of the molecule is CN(C)c1ccc(N=Nc2cc[n+](CCCN)cc2)cc1.[Br-]. The van der Waals surface area contributed by atoms with Crippen LogP contribution in [0.5, 0.6) is 0 Å². The molecule has 0 bridgehead atoms. The molecule has 1 aromatic heterocycles. The predicted molar refractivity (Wildman–Crippen MR) is 85.3 cm³/mol. The number of aromatic nitrogens is 1. The summed E-state index contributed by atoms with van der Waals surface area (Å²) in [6.07, 6.45) is 4.97. The lowest BCUT2D eigenvalue weighted by Gasteiger charge is -2.11. The number of pyridine rings is 1. The van der Waals surface area contributed by atoms with E-state index in [0.29, 0.717) is 6.54 Å². The third kappa shape index (κ3) is 5.54. The van der Waals surface area contributed by atoms with Crippen molar-refractivity contribution in [2.24, 2.45) is 16.0 Å². The van der Waals surface area contributed by atoms with Gasteiger partial charge in [-0.05, 0) is 30.8 Å². The molecule has 0 radical (unpaired) electrons. The highest BCUT2D eigenvalue weighted by molar-refractivity contribution is 5.51. The van der Waals surface area contributed by atoms with Crippen LogP contribution in [0.4, 0.5) is 17.1 Å². The predicted octanol–water partition coefficient (Wildman–Crippen LogP) is -0.192. The number of aryl methyl sites for hydroxylation is 1. The van der Waals surface area contributed by atoms with Gasteiger partial charge in [0.25, 0.3) is 0 Å². The van der Waals surface area contributed by atoms with E-state index in [-0.39, 0.29) is 17.0 Å². The topological polar surface area (TPSA) is 57.9 Å². The summed E-state index contributed by atoms with van der Waals surface area (Å²) in [5, 5.41) is 8.49. The van der Waals surface area contributed by atoms with Crippen LogP contribution in [0.15, 0.2) is 59.0 Å². The second kappa shape index (κ2) is 9.27. The maximum atomic E-state index is 5.50. The molecule has 2 N–H and O–H groups in total. The molecule has 0 atom stereocenters. The highest BCUT2D eigenvalue weighted by Gasteiger charge is 1.99. The van der Waals surface area contributed by atoms with Gasteiger partial charge in [0.05, 0.1) is 11.4 Å². The van der Waals surface area contributed by atoms with E-state index in [2.05, 4.69) is 19.7 Å². The summed E-state index contributed by atoms with van der Waals surface area (Å²) in [5.74, 6) is 0. The first-order valence-corrected chi connectivity index (χ1v) is 7.07. The Bertz CT molecular complexity index is 578. The number of nitrogens with zero attached hydrogens (tertiary/aromatic N) is 4. The maximum Gasteiger partial charge on any atom is 0.171 e. The Morgan fingerprint density at radius 1 is 0.955 bits per heavy atom. The molecule has 0 aliphatic heterocycles. The van der Waals surface area contributed by atoms with E-state index in [1.165, 1.54) is 0 Å². The maximum absolute atomic E-state index is 5.50. The van der Waals surface area contributed by atoms with Gasteiger partial charge in [0.2, 0.25) is 0 Å². The Balaban J connectivity index is 0.00000242. The van der Waals surface area contributed by atoms with Crippen LogP contribution in [0.3, 0.4) is 0 Å². The fourth-order valence-electron chi connectivity index (χ4n) is 1.87. The molecular formula is C16H22BrN5. The fraction of sp³-hybridized carbons (Fsp3) is 0.312. The van der Waals surface area contributed by atoms with Crippen molar-refractivity contribution < 1.29 is 21.5 Å². The van der Waals surface area contributed by atoms with Crippen molar-refractivity contribution in [3.05, 3.63) is 48.8 Å². The quantitative estimate of drug-likeness (QED) is 0.571. The van der Waals surface area contributed by atoms with Crippen molar-refractivity contribution >= 4 is 17.1 Å². The van der Waals surface area contributed by atoms with Crippen molar-refractivity contribution in [2.75, 3.05) is 25.5 Å². The van der Waals surface area contributed by atoms with Gasteiger partial charge in [-0.2, -0.15) is 10.2 Å². The average Bonchev–Trinajstić information content (AvgIpc) is 2.52. The van der Waals surface area contributed by atoms with E-state index < -0.39 is 0 Å². The highest BCUT2D eigenvalue weighted by atomic mass is 79.9. The molecule has 1 aromatic carbocycles.